The average molecular weight is 558 g/mol. The van der Waals surface area contributed by atoms with Crippen molar-refractivity contribution < 1.29 is 33.8 Å². The van der Waals surface area contributed by atoms with Gasteiger partial charge in [0.2, 0.25) is 17.7 Å². The molecule has 1 aromatic carbocycles. The standard InChI is InChI=1S/C28H39N5O7/c1-17(2)21(29)24(36)32-16-28(26(32)38)12-8-14-33(28)23(35)20-11-7-13-31(20)25(37)22(18(3)34)30-27(39)40-15-19-9-5-4-6-10-19/h4-6,9-10,17-18,20-22,34H,7-8,11-16,29H2,1-3H3,(H,30,39). The molecule has 0 saturated carbocycles. The summed E-state index contributed by atoms with van der Waals surface area (Å²) >= 11 is 0. The number of aliphatic hydroxyl groups excluding tert-OH is 1. The largest absolute Gasteiger partial charge is 0.445 e. The first-order chi connectivity index (χ1) is 19.0. The van der Waals surface area contributed by atoms with Crippen LogP contribution < -0.4 is 11.1 Å². The number of ether oxygens (including phenoxy) is 1. The lowest BCUT2D eigenvalue weighted by molar-refractivity contribution is -0.175. The van der Waals surface area contributed by atoms with E-state index in [4.69, 9.17) is 10.5 Å². The molecule has 5 atom stereocenters. The van der Waals surface area contributed by atoms with Crippen LogP contribution in [0.4, 0.5) is 4.79 Å². The number of hydrogen-bond acceptors (Lipinski definition) is 8. The van der Waals surface area contributed by atoms with Gasteiger partial charge in [-0.1, -0.05) is 44.2 Å². The molecule has 3 saturated heterocycles. The lowest BCUT2D eigenvalue weighted by atomic mass is 9.84. The second-order valence-electron chi connectivity index (χ2n) is 11.2. The molecule has 0 aromatic heterocycles. The molecule has 5 unspecified atom stereocenters. The summed E-state index contributed by atoms with van der Waals surface area (Å²) in [6, 6.07) is 6.05. The van der Waals surface area contributed by atoms with Gasteiger partial charge in [0.1, 0.15) is 24.2 Å². The maximum absolute atomic E-state index is 13.8. The molecule has 3 fully saturated rings. The van der Waals surface area contributed by atoms with Crippen molar-refractivity contribution in [3.8, 4) is 0 Å². The fourth-order valence-electron chi connectivity index (χ4n) is 5.72. The topological polar surface area (TPSA) is 163 Å². The van der Waals surface area contributed by atoms with Gasteiger partial charge in [-0.3, -0.25) is 24.1 Å². The summed E-state index contributed by atoms with van der Waals surface area (Å²) in [6.07, 6.45) is -0.143. The van der Waals surface area contributed by atoms with Crippen molar-refractivity contribution in [2.24, 2.45) is 11.7 Å². The SMILES string of the molecule is CC(C)C(N)C(=O)N1CC2(CCCN2C(=O)C2CCCN2C(=O)C(NC(=O)OCc2ccccc2)C(C)O)C1=O. The van der Waals surface area contributed by atoms with Crippen molar-refractivity contribution in [3.63, 3.8) is 0 Å². The molecule has 3 heterocycles. The number of aliphatic hydroxyl groups is 1. The summed E-state index contributed by atoms with van der Waals surface area (Å²) in [7, 11) is 0. The molecule has 12 heteroatoms. The molecular weight excluding hydrogens is 518 g/mol. The summed E-state index contributed by atoms with van der Waals surface area (Å²) in [5.41, 5.74) is 5.63. The number of benzene rings is 1. The Bertz CT molecular complexity index is 1140. The van der Waals surface area contributed by atoms with Gasteiger partial charge < -0.3 is 30.7 Å². The van der Waals surface area contributed by atoms with E-state index >= 15 is 0 Å². The minimum absolute atomic E-state index is 0.00905. The summed E-state index contributed by atoms with van der Waals surface area (Å²) in [4.78, 5) is 69.7. The molecule has 218 valence electrons. The number of carbonyl (C=O) groups excluding carboxylic acids is 5. The molecule has 0 bridgehead atoms. The molecule has 4 rings (SSSR count). The molecule has 40 heavy (non-hydrogen) atoms. The van der Waals surface area contributed by atoms with Crippen LogP contribution in [0.3, 0.4) is 0 Å². The summed E-state index contributed by atoms with van der Waals surface area (Å²) in [6.45, 7) is 5.67. The van der Waals surface area contributed by atoms with Gasteiger partial charge in [0, 0.05) is 13.1 Å². The van der Waals surface area contributed by atoms with Gasteiger partial charge in [0.15, 0.2) is 0 Å². The number of amides is 5. The number of nitrogens with zero attached hydrogens (tertiary/aromatic N) is 3. The zero-order valence-corrected chi connectivity index (χ0v) is 23.2. The Morgan fingerprint density at radius 3 is 2.42 bits per heavy atom. The fraction of sp³-hybridized carbons (Fsp3) is 0.607. The second kappa shape index (κ2) is 11.9. The average Bonchev–Trinajstić information content (AvgIpc) is 3.61. The first-order valence-electron chi connectivity index (χ1n) is 13.9. The van der Waals surface area contributed by atoms with Gasteiger partial charge in [-0.25, -0.2) is 4.79 Å². The molecule has 0 aliphatic carbocycles. The number of nitrogens with two attached hydrogens (primary N) is 1. The molecule has 5 amide bonds. The Balaban J connectivity index is 1.42. The molecule has 1 spiro atoms. The van der Waals surface area contributed by atoms with Crippen LogP contribution in [0, 0.1) is 5.92 Å². The van der Waals surface area contributed by atoms with Crippen molar-refractivity contribution in [2.75, 3.05) is 19.6 Å². The Morgan fingerprint density at radius 1 is 1.10 bits per heavy atom. The number of alkyl carbamates (subject to hydrolysis) is 1. The number of nitrogens with one attached hydrogen (secondary N) is 1. The summed E-state index contributed by atoms with van der Waals surface area (Å²) in [5, 5.41) is 12.8. The third-order valence-corrected chi connectivity index (χ3v) is 8.14. The molecule has 3 aliphatic rings. The Kier molecular flexibility index (Phi) is 8.79. The van der Waals surface area contributed by atoms with Gasteiger partial charge in [-0.15, -0.1) is 0 Å². The van der Waals surface area contributed by atoms with Gasteiger partial charge >= 0.3 is 6.09 Å². The number of rotatable bonds is 8. The monoisotopic (exact) mass is 557 g/mol. The van der Waals surface area contributed by atoms with Crippen LogP contribution in [-0.2, 0) is 30.5 Å². The van der Waals surface area contributed by atoms with E-state index in [0.717, 1.165) is 10.5 Å². The Labute approximate surface area is 233 Å². The first kappa shape index (κ1) is 29.5. The highest BCUT2D eigenvalue weighted by molar-refractivity contribution is 6.09. The highest BCUT2D eigenvalue weighted by Crippen LogP contribution is 2.41. The number of imide groups is 1. The molecule has 4 N–H and O–H groups in total. The van der Waals surface area contributed by atoms with Crippen molar-refractivity contribution in [3.05, 3.63) is 35.9 Å². The second-order valence-corrected chi connectivity index (χ2v) is 11.2. The van der Waals surface area contributed by atoms with E-state index in [1.807, 2.05) is 6.07 Å². The van der Waals surface area contributed by atoms with Crippen molar-refractivity contribution >= 4 is 29.7 Å². The lowest BCUT2D eigenvalue weighted by Crippen LogP contribution is -2.76. The van der Waals surface area contributed by atoms with E-state index in [9.17, 15) is 29.1 Å². The first-order valence-corrected chi connectivity index (χ1v) is 13.9. The minimum atomic E-state index is -1.32. The van der Waals surface area contributed by atoms with Crippen LogP contribution in [0.5, 0.6) is 0 Å². The normalized spacial score (nSPS) is 24.6. The van der Waals surface area contributed by atoms with E-state index in [-0.39, 0.29) is 31.5 Å². The molecule has 3 aliphatic heterocycles. The highest BCUT2D eigenvalue weighted by atomic mass is 16.5. The van der Waals surface area contributed by atoms with E-state index in [1.165, 1.54) is 16.7 Å². The van der Waals surface area contributed by atoms with Crippen LogP contribution in [0.15, 0.2) is 30.3 Å². The maximum Gasteiger partial charge on any atom is 0.408 e. The maximum atomic E-state index is 13.8. The van der Waals surface area contributed by atoms with E-state index in [0.29, 0.717) is 32.2 Å². The third-order valence-electron chi connectivity index (χ3n) is 8.14. The molecular formula is C28H39N5O7. The van der Waals surface area contributed by atoms with Crippen LogP contribution in [-0.4, -0.2) is 98.9 Å². The Morgan fingerprint density at radius 2 is 1.80 bits per heavy atom. The number of β-lactam (4-membered cyclic amide) rings is 1. The lowest BCUT2D eigenvalue weighted by Gasteiger charge is -2.51. The highest BCUT2D eigenvalue weighted by Gasteiger charge is 2.62. The van der Waals surface area contributed by atoms with Crippen molar-refractivity contribution in [1.29, 1.82) is 0 Å². The quantitative estimate of drug-likeness (QED) is 0.386. The van der Waals surface area contributed by atoms with E-state index in [2.05, 4.69) is 5.32 Å². The van der Waals surface area contributed by atoms with Crippen LogP contribution in [0.1, 0.15) is 52.0 Å². The zero-order valence-electron chi connectivity index (χ0n) is 23.2. The minimum Gasteiger partial charge on any atom is -0.445 e. The number of likely N-dealkylation sites (tertiary alicyclic amines) is 3. The van der Waals surface area contributed by atoms with Crippen LogP contribution in [0.25, 0.3) is 0 Å². The van der Waals surface area contributed by atoms with Gasteiger partial charge in [0.25, 0.3) is 5.91 Å². The Hall–Kier alpha value is -3.51. The fourth-order valence-corrected chi connectivity index (χ4v) is 5.72. The molecule has 1 aromatic rings. The number of hydrogen-bond donors (Lipinski definition) is 3. The predicted molar refractivity (Wildman–Crippen MR) is 143 cm³/mol. The third kappa shape index (κ3) is 5.55. The van der Waals surface area contributed by atoms with Gasteiger partial charge in [-0.2, -0.15) is 0 Å². The van der Waals surface area contributed by atoms with E-state index in [1.54, 1.807) is 38.1 Å². The van der Waals surface area contributed by atoms with Crippen LogP contribution in [0.2, 0.25) is 0 Å². The van der Waals surface area contributed by atoms with Crippen LogP contribution >= 0.6 is 0 Å². The van der Waals surface area contributed by atoms with Crippen molar-refractivity contribution in [2.45, 2.75) is 82.8 Å². The van der Waals surface area contributed by atoms with Gasteiger partial charge in [-0.05, 0) is 44.1 Å². The summed E-state index contributed by atoms with van der Waals surface area (Å²) < 4.78 is 5.21. The smallest absolute Gasteiger partial charge is 0.408 e. The molecule has 12 nitrogen and oxygen atoms in total. The van der Waals surface area contributed by atoms with Crippen molar-refractivity contribution in [1.82, 2.24) is 20.0 Å². The predicted octanol–water partition coefficient (Wildman–Crippen LogP) is 0.367. The summed E-state index contributed by atoms with van der Waals surface area (Å²) in [5.74, 6) is -1.99. The number of carbonyl (C=O) groups is 5. The zero-order chi connectivity index (χ0) is 29.2. The molecule has 0 radical (unpaired) electrons. The van der Waals surface area contributed by atoms with E-state index < -0.39 is 53.6 Å². The van der Waals surface area contributed by atoms with Gasteiger partial charge in [0.05, 0.1) is 18.7 Å².